The van der Waals surface area contributed by atoms with Crippen molar-refractivity contribution in [3.63, 3.8) is 0 Å². The third kappa shape index (κ3) is 2.86. The van der Waals surface area contributed by atoms with Crippen LogP contribution >= 0.6 is 0 Å². The van der Waals surface area contributed by atoms with Crippen LogP contribution in [-0.4, -0.2) is 30.9 Å². The zero-order chi connectivity index (χ0) is 14.0. The highest BCUT2D eigenvalue weighted by Crippen LogP contribution is 2.30. The van der Waals surface area contributed by atoms with Crippen LogP contribution in [0.25, 0.3) is 0 Å². The molecule has 1 heterocycles. The quantitative estimate of drug-likeness (QED) is 0.886. The minimum Gasteiger partial charge on any atom is -0.389 e. The summed E-state index contributed by atoms with van der Waals surface area (Å²) in [5, 5.41) is 18.7. The van der Waals surface area contributed by atoms with Gasteiger partial charge in [0.15, 0.2) is 6.10 Å². The number of nitrogens with zero attached hydrogens (tertiary/aromatic N) is 2. The lowest BCUT2D eigenvalue weighted by atomic mass is 10.0. The lowest BCUT2D eigenvalue weighted by Gasteiger charge is -2.33. The number of aryl methyl sites for hydroxylation is 1. The van der Waals surface area contributed by atoms with E-state index in [0.29, 0.717) is 30.8 Å². The van der Waals surface area contributed by atoms with Crippen molar-refractivity contribution in [3.05, 3.63) is 29.1 Å². The largest absolute Gasteiger partial charge is 0.389 e. The summed E-state index contributed by atoms with van der Waals surface area (Å²) in [5.74, 6) is -0.329. The first-order valence-corrected chi connectivity index (χ1v) is 6.27. The Hall–Kier alpha value is -1.64. The maximum atomic E-state index is 13.6. The van der Waals surface area contributed by atoms with Gasteiger partial charge in [0, 0.05) is 17.8 Å². The summed E-state index contributed by atoms with van der Waals surface area (Å²) >= 11 is 0. The second kappa shape index (κ2) is 5.55. The number of ether oxygens (including phenoxy) is 1. The molecule has 102 valence electrons. The lowest BCUT2D eigenvalue weighted by molar-refractivity contribution is 0.0761. The fraction of sp³-hybridized carbons (Fsp3) is 0.500. The van der Waals surface area contributed by atoms with Gasteiger partial charge in [-0.05, 0) is 31.5 Å². The molecule has 1 aliphatic rings. The van der Waals surface area contributed by atoms with Crippen LogP contribution in [0.5, 0.6) is 0 Å². The molecule has 0 spiro atoms. The van der Waals surface area contributed by atoms with Gasteiger partial charge in [-0.3, -0.25) is 0 Å². The molecule has 2 atom stereocenters. The van der Waals surface area contributed by atoms with Crippen molar-refractivity contribution in [3.8, 4) is 6.07 Å². The standard InChI is InChI=1S/C14H17FN2O2/c1-9-5-14(12(10(2)18)6-13(9)15)17-3-4-19-11(7-16)8-17/h5-6,10-11,18H,3-4,8H2,1-2H3/t10-,11?/m1/s1. The Morgan fingerprint density at radius 3 is 2.95 bits per heavy atom. The summed E-state index contributed by atoms with van der Waals surface area (Å²) in [6, 6.07) is 5.16. The van der Waals surface area contributed by atoms with Crippen molar-refractivity contribution in [1.29, 1.82) is 5.26 Å². The van der Waals surface area contributed by atoms with Crippen LogP contribution in [0.15, 0.2) is 12.1 Å². The number of hydrogen-bond acceptors (Lipinski definition) is 4. The molecule has 4 nitrogen and oxygen atoms in total. The summed E-state index contributed by atoms with van der Waals surface area (Å²) in [4.78, 5) is 1.96. The summed E-state index contributed by atoms with van der Waals surface area (Å²) in [6.45, 7) is 4.81. The van der Waals surface area contributed by atoms with Crippen LogP contribution < -0.4 is 4.90 Å². The van der Waals surface area contributed by atoms with Gasteiger partial charge < -0.3 is 14.7 Å². The van der Waals surface area contributed by atoms with Crippen LogP contribution in [0.2, 0.25) is 0 Å². The number of morpholine rings is 1. The van der Waals surface area contributed by atoms with E-state index in [0.717, 1.165) is 5.69 Å². The van der Waals surface area contributed by atoms with Gasteiger partial charge >= 0.3 is 0 Å². The molecule has 1 unspecified atom stereocenters. The lowest BCUT2D eigenvalue weighted by Crippen LogP contribution is -2.42. The summed E-state index contributed by atoms with van der Waals surface area (Å²) < 4.78 is 18.9. The van der Waals surface area contributed by atoms with Crippen molar-refractivity contribution in [1.82, 2.24) is 0 Å². The maximum absolute atomic E-state index is 13.6. The first kappa shape index (κ1) is 13.8. The SMILES string of the molecule is Cc1cc(N2CCOC(C#N)C2)c([C@@H](C)O)cc1F. The average molecular weight is 264 g/mol. The number of aliphatic hydroxyl groups is 1. The zero-order valence-corrected chi connectivity index (χ0v) is 11.1. The number of aliphatic hydroxyl groups excluding tert-OH is 1. The second-order valence-electron chi connectivity index (χ2n) is 4.77. The van der Waals surface area contributed by atoms with E-state index >= 15 is 0 Å². The minimum atomic E-state index is -0.756. The molecule has 0 bridgehead atoms. The Labute approximate surface area is 112 Å². The zero-order valence-electron chi connectivity index (χ0n) is 11.1. The first-order valence-electron chi connectivity index (χ1n) is 6.27. The highest BCUT2D eigenvalue weighted by atomic mass is 19.1. The Morgan fingerprint density at radius 1 is 1.58 bits per heavy atom. The number of hydrogen-bond donors (Lipinski definition) is 1. The highest BCUT2D eigenvalue weighted by Gasteiger charge is 2.24. The highest BCUT2D eigenvalue weighted by molar-refractivity contribution is 5.57. The number of halogens is 1. The van der Waals surface area contributed by atoms with Crippen molar-refractivity contribution < 1.29 is 14.2 Å². The molecule has 0 aliphatic carbocycles. The van der Waals surface area contributed by atoms with E-state index in [1.54, 1.807) is 19.9 Å². The van der Waals surface area contributed by atoms with Crippen LogP contribution in [0.3, 0.4) is 0 Å². The van der Waals surface area contributed by atoms with Gasteiger partial charge in [0.25, 0.3) is 0 Å². The third-order valence-corrected chi connectivity index (χ3v) is 3.31. The summed E-state index contributed by atoms with van der Waals surface area (Å²) in [5.41, 5.74) is 1.85. The maximum Gasteiger partial charge on any atom is 0.161 e. The third-order valence-electron chi connectivity index (χ3n) is 3.31. The van der Waals surface area contributed by atoms with E-state index in [1.165, 1.54) is 6.07 Å². The van der Waals surface area contributed by atoms with E-state index in [2.05, 4.69) is 6.07 Å². The van der Waals surface area contributed by atoms with E-state index in [1.807, 2.05) is 4.90 Å². The molecular formula is C14H17FN2O2. The van der Waals surface area contributed by atoms with Crippen molar-refractivity contribution in [2.75, 3.05) is 24.6 Å². The fourth-order valence-corrected chi connectivity index (χ4v) is 2.24. The molecule has 0 radical (unpaired) electrons. The minimum absolute atomic E-state index is 0.329. The number of anilines is 1. The molecule has 1 aliphatic heterocycles. The monoisotopic (exact) mass is 264 g/mol. The Morgan fingerprint density at radius 2 is 2.32 bits per heavy atom. The van der Waals surface area contributed by atoms with E-state index < -0.39 is 12.2 Å². The topological polar surface area (TPSA) is 56.5 Å². The van der Waals surface area contributed by atoms with Gasteiger partial charge in [0.05, 0.1) is 25.3 Å². The van der Waals surface area contributed by atoms with Crippen molar-refractivity contribution >= 4 is 5.69 Å². The van der Waals surface area contributed by atoms with Crippen LogP contribution in [0.4, 0.5) is 10.1 Å². The van der Waals surface area contributed by atoms with Crippen LogP contribution in [0, 0.1) is 24.1 Å². The van der Waals surface area contributed by atoms with Crippen LogP contribution in [-0.2, 0) is 4.74 Å². The summed E-state index contributed by atoms with van der Waals surface area (Å²) in [6.07, 6.45) is -1.24. The first-order chi connectivity index (χ1) is 9.02. The molecule has 19 heavy (non-hydrogen) atoms. The van der Waals surface area contributed by atoms with Crippen molar-refractivity contribution in [2.45, 2.75) is 26.1 Å². The normalized spacial score (nSPS) is 21.0. The van der Waals surface area contributed by atoms with Gasteiger partial charge in [-0.2, -0.15) is 5.26 Å². The second-order valence-corrected chi connectivity index (χ2v) is 4.77. The summed E-state index contributed by atoms with van der Waals surface area (Å²) in [7, 11) is 0. The molecular weight excluding hydrogens is 247 g/mol. The van der Waals surface area contributed by atoms with Gasteiger partial charge in [-0.25, -0.2) is 4.39 Å². The van der Waals surface area contributed by atoms with Gasteiger partial charge in [0.2, 0.25) is 0 Å². The van der Waals surface area contributed by atoms with Crippen LogP contribution in [0.1, 0.15) is 24.2 Å². The van der Waals surface area contributed by atoms with Crippen molar-refractivity contribution in [2.24, 2.45) is 0 Å². The van der Waals surface area contributed by atoms with Gasteiger partial charge in [-0.15, -0.1) is 0 Å². The average Bonchev–Trinajstić information content (AvgIpc) is 2.41. The molecule has 1 saturated heterocycles. The molecule has 1 aromatic rings. The number of rotatable bonds is 2. The molecule has 1 aromatic carbocycles. The molecule has 0 amide bonds. The van der Waals surface area contributed by atoms with E-state index in [-0.39, 0.29) is 5.82 Å². The molecule has 5 heteroatoms. The Kier molecular flexibility index (Phi) is 4.03. The predicted molar refractivity (Wildman–Crippen MR) is 69.3 cm³/mol. The fourth-order valence-electron chi connectivity index (χ4n) is 2.24. The van der Waals surface area contributed by atoms with E-state index in [9.17, 15) is 9.50 Å². The number of benzene rings is 1. The Balaban J connectivity index is 2.38. The molecule has 2 rings (SSSR count). The molecule has 1 fully saturated rings. The van der Waals surface area contributed by atoms with E-state index in [4.69, 9.17) is 10.00 Å². The molecule has 0 aromatic heterocycles. The predicted octanol–water partition coefficient (Wildman–Crippen LogP) is 1.92. The van der Waals surface area contributed by atoms with Gasteiger partial charge in [0.1, 0.15) is 5.82 Å². The Bertz CT molecular complexity index is 511. The number of nitriles is 1. The smallest absolute Gasteiger partial charge is 0.161 e. The molecule has 1 N–H and O–H groups in total. The molecule has 0 saturated carbocycles. The van der Waals surface area contributed by atoms with Gasteiger partial charge in [-0.1, -0.05) is 0 Å².